The highest BCUT2D eigenvalue weighted by Gasteiger charge is 2.14. The Balaban J connectivity index is 2.12. The highest BCUT2D eigenvalue weighted by Crippen LogP contribution is 2.33. The molecule has 2 heterocycles. The zero-order valence-electron chi connectivity index (χ0n) is 9.62. The van der Waals surface area contributed by atoms with Gasteiger partial charge in [0.05, 0.1) is 10.6 Å². The van der Waals surface area contributed by atoms with Gasteiger partial charge in [0.15, 0.2) is 0 Å². The van der Waals surface area contributed by atoms with E-state index >= 15 is 0 Å². The first-order valence-corrected chi connectivity index (χ1v) is 6.22. The zero-order chi connectivity index (χ0) is 12.7. The Kier molecular flexibility index (Phi) is 2.41. The molecule has 4 nitrogen and oxygen atoms in total. The molecule has 0 atom stereocenters. The van der Waals surface area contributed by atoms with E-state index in [-0.39, 0.29) is 10.8 Å². The van der Waals surface area contributed by atoms with Gasteiger partial charge in [-0.15, -0.1) is 0 Å². The number of hydrogen-bond acceptors (Lipinski definition) is 4. The van der Waals surface area contributed by atoms with Crippen LogP contribution in [0.3, 0.4) is 0 Å². The lowest BCUT2D eigenvalue weighted by Crippen LogP contribution is -2.05. The fraction of sp³-hybridized carbons (Fsp3) is 0.0769. The summed E-state index contributed by atoms with van der Waals surface area (Å²) >= 11 is 1.02. The van der Waals surface area contributed by atoms with Gasteiger partial charge in [0, 0.05) is 24.4 Å². The molecule has 1 aromatic carbocycles. The van der Waals surface area contributed by atoms with Crippen LogP contribution in [0.1, 0.15) is 10.4 Å². The lowest BCUT2D eigenvalue weighted by atomic mass is 10.1. The molecule has 1 aliphatic rings. The monoisotopic (exact) mass is 258 g/mol. The van der Waals surface area contributed by atoms with Crippen LogP contribution in [0.5, 0.6) is 5.88 Å². The van der Waals surface area contributed by atoms with Crippen LogP contribution in [0.25, 0.3) is 11.6 Å². The molecule has 5 heteroatoms. The van der Waals surface area contributed by atoms with Gasteiger partial charge in [0.25, 0.3) is 0 Å². The number of benzene rings is 1. The van der Waals surface area contributed by atoms with E-state index in [0.29, 0.717) is 4.88 Å². The number of aromatic hydroxyl groups is 1. The van der Waals surface area contributed by atoms with Gasteiger partial charge in [-0.1, -0.05) is 29.5 Å². The second-order valence-electron chi connectivity index (χ2n) is 3.99. The fourth-order valence-corrected chi connectivity index (χ4v) is 2.67. The van der Waals surface area contributed by atoms with E-state index in [1.807, 2.05) is 24.3 Å². The fourth-order valence-electron chi connectivity index (χ4n) is 1.85. The lowest BCUT2D eigenvalue weighted by Gasteiger charge is -1.98. The molecule has 18 heavy (non-hydrogen) atoms. The van der Waals surface area contributed by atoms with Crippen molar-refractivity contribution in [3.8, 4) is 5.88 Å². The molecule has 0 aliphatic carbocycles. The molecule has 0 fully saturated rings. The summed E-state index contributed by atoms with van der Waals surface area (Å²) in [5.41, 5.74) is 2.83. The molecule has 90 valence electrons. The molecule has 0 saturated carbocycles. The third-order valence-corrected chi connectivity index (χ3v) is 3.82. The molecule has 1 N–H and O–H groups in total. The average Bonchev–Trinajstić information content (AvgIpc) is 2.89. The van der Waals surface area contributed by atoms with E-state index in [2.05, 4.69) is 4.99 Å². The van der Waals surface area contributed by atoms with Crippen molar-refractivity contribution >= 4 is 34.9 Å². The van der Waals surface area contributed by atoms with Crippen molar-refractivity contribution in [3.05, 3.63) is 44.4 Å². The van der Waals surface area contributed by atoms with E-state index in [4.69, 9.17) is 0 Å². The molecule has 1 aromatic heterocycles. The van der Waals surface area contributed by atoms with Crippen LogP contribution in [0, 0.1) is 0 Å². The van der Waals surface area contributed by atoms with Gasteiger partial charge >= 0.3 is 4.87 Å². The van der Waals surface area contributed by atoms with Gasteiger partial charge in [0.1, 0.15) is 0 Å². The minimum atomic E-state index is -0.178. The van der Waals surface area contributed by atoms with E-state index < -0.39 is 0 Å². The predicted octanol–water partition coefficient (Wildman–Crippen LogP) is 2.41. The Labute approximate surface area is 107 Å². The topological polar surface area (TPSA) is 54.6 Å². The number of fused-ring (bicyclic) bond motifs is 1. The lowest BCUT2D eigenvalue weighted by molar-refractivity contribution is 0.428. The number of thiazole rings is 1. The number of aromatic nitrogens is 1. The summed E-state index contributed by atoms with van der Waals surface area (Å²) in [4.78, 5) is 16.1. The van der Waals surface area contributed by atoms with Gasteiger partial charge in [-0.2, -0.15) is 0 Å². The van der Waals surface area contributed by atoms with Crippen LogP contribution in [-0.2, 0) is 7.05 Å². The summed E-state index contributed by atoms with van der Waals surface area (Å²) in [5, 5.41) is 9.81. The Morgan fingerprint density at radius 2 is 2.17 bits per heavy atom. The molecule has 2 aromatic rings. The maximum atomic E-state index is 11.4. The second kappa shape index (κ2) is 3.96. The van der Waals surface area contributed by atoms with Crippen molar-refractivity contribution in [2.24, 2.45) is 12.0 Å². The Morgan fingerprint density at radius 3 is 2.89 bits per heavy atom. The van der Waals surface area contributed by atoms with E-state index in [1.54, 1.807) is 19.3 Å². The minimum absolute atomic E-state index is 0.00437. The molecule has 0 unspecified atom stereocenters. The predicted molar refractivity (Wildman–Crippen MR) is 73.7 cm³/mol. The van der Waals surface area contributed by atoms with E-state index in [1.165, 1.54) is 4.57 Å². The third-order valence-electron chi connectivity index (χ3n) is 2.85. The van der Waals surface area contributed by atoms with Crippen LogP contribution in [-0.4, -0.2) is 15.9 Å². The molecule has 1 aliphatic heterocycles. The maximum Gasteiger partial charge on any atom is 0.310 e. The van der Waals surface area contributed by atoms with Gasteiger partial charge in [-0.3, -0.25) is 14.4 Å². The summed E-state index contributed by atoms with van der Waals surface area (Å²) in [7, 11) is 1.55. The van der Waals surface area contributed by atoms with Gasteiger partial charge in [-0.05, 0) is 12.1 Å². The third kappa shape index (κ3) is 1.60. The van der Waals surface area contributed by atoms with Crippen molar-refractivity contribution in [3.63, 3.8) is 0 Å². The van der Waals surface area contributed by atoms with Crippen LogP contribution in [0.15, 0.2) is 34.1 Å². The molecule has 0 saturated heterocycles. The maximum absolute atomic E-state index is 11.4. The molecular weight excluding hydrogens is 248 g/mol. The first-order valence-electron chi connectivity index (χ1n) is 5.41. The van der Waals surface area contributed by atoms with Crippen molar-refractivity contribution in [1.82, 2.24) is 4.57 Å². The van der Waals surface area contributed by atoms with E-state index in [9.17, 15) is 9.90 Å². The second-order valence-corrected chi connectivity index (χ2v) is 4.98. The first kappa shape index (κ1) is 11.0. The number of para-hydroxylation sites is 1. The summed E-state index contributed by atoms with van der Waals surface area (Å²) in [5.74, 6) is -0.00437. The van der Waals surface area contributed by atoms with Crippen molar-refractivity contribution < 1.29 is 5.11 Å². The summed E-state index contributed by atoms with van der Waals surface area (Å²) in [6.07, 6.45) is 3.53. The van der Waals surface area contributed by atoms with Crippen molar-refractivity contribution in [2.45, 2.75) is 0 Å². The number of allylic oxidation sites excluding steroid dienone is 1. The quantitative estimate of drug-likeness (QED) is 0.854. The number of nitrogens with zero attached hydrogens (tertiary/aromatic N) is 2. The number of rotatable bonds is 1. The summed E-state index contributed by atoms with van der Waals surface area (Å²) in [6.45, 7) is 0. The standard InChI is InChI=1S/C13H10N2O2S/c1-15-12(16)11(18-13(15)17)6-8-7-14-10-5-3-2-4-9(8)10/h2-7,16H,1H3/b8-6-. The molecule has 0 bridgehead atoms. The van der Waals surface area contributed by atoms with Crippen LogP contribution >= 0.6 is 11.3 Å². The highest BCUT2D eigenvalue weighted by molar-refractivity contribution is 7.10. The molecule has 0 radical (unpaired) electrons. The van der Waals surface area contributed by atoms with Crippen LogP contribution < -0.4 is 4.87 Å². The molecule has 0 amide bonds. The first-order chi connectivity index (χ1) is 8.66. The smallest absolute Gasteiger partial charge is 0.310 e. The molecular formula is C13H10N2O2S. The summed E-state index contributed by atoms with van der Waals surface area (Å²) in [6, 6.07) is 7.77. The van der Waals surface area contributed by atoms with Gasteiger partial charge < -0.3 is 5.11 Å². The number of hydrogen-bond donors (Lipinski definition) is 1. The Bertz CT molecular complexity index is 738. The van der Waals surface area contributed by atoms with Crippen LogP contribution in [0.2, 0.25) is 0 Å². The largest absolute Gasteiger partial charge is 0.493 e. The number of aliphatic imine (C=N–C) groups is 1. The Hall–Kier alpha value is -2.14. The van der Waals surface area contributed by atoms with E-state index in [0.717, 1.165) is 28.2 Å². The van der Waals surface area contributed by atoms with Crippen LogP contribution in [0.4, 0.5) is 5.69 Å². The SMILES string of the molecule is Cn1c(O)c(/C=C2/C=Nc3ccccc32)sc1=O. The van der Waals surface area contributed by atoms with Crippen molar-refractivity contribution in [2.75, 3.05) is 0 Å². The zero-order valence-corrected chi connectivity index (χ0v) is 10.4. The Morgan fingerprint density at radius 1 is 1.39 bits per heavy atom. The molecule has 0 spiro atoms. The molecule has 3 rings (SSSR count). The normalized spacial score (nSPS) is 15.3. The van der Waals surface area contributed by atoms with Gasteiger partial charge in [0.2, 0.25) is 5.88 Å². The highest BCUT2D eigenvalue weighted by atomic mass is 32.1. The van der Waals surface area contributed by atoms with Crippen molar-refractivity contribution in [1.29, 1.82) is 0 Å². The minimum Gasteiger partial charge on any atom is -0.493 e. The van der Waals surface area contributed by atoms with Gasteiger partial charge in [-0.25, -0.2) is 0 Å². The summed E-state index contributed by atoms with van der Waals surface area (Å²) < 4.78 is 1.23. The average molecular weight is 258 g/mol.